The molecule has 0 bridgehead atoms. The molecule has 2 aromatic carbocycles. The van der Waals surface area contributed by atoms with Crippen LogP contribution >= 0.6 is 27.7 Å². The largest absolute Gasteiger partial charge is 0.351 e. The molecule has 0 aliphatic heterocycles. The number of aromatic nitrogens is 1. The minimum atomic E-state index is -0.0572. The number of amides is 1. The fraction of sp³-hybridized carbons (Fsp3) is 0.211. The van der Waals surface area contributed by atoms with Crippen LogP contribution in [0.4, 0.5) is 0 Å². The summed E-state index contributed by atoms with van der Waals surface area (Å²) in [7, 11) is 0. The van der Waals surface area contributed by atoms with Gasteiger partial charge in [-0.3, -0.25) is 4.79 Å². The van der Waals surface area contributed by atoms with Crippen LogP contribution in [0.1, 0.15) is 21.6 Å². The monoisotopic (exact) mass is 402 g/mol. The summed E-state index contributed by atoms with van der Waals surface area (Å²) >= 11 is 5.27. The average molecular weight is 403 g/mol. The number of nitrogens with one attached hydrogen (secondary N) is 2. The molecule has 3 nitrogen and oxygen atoms in total. The molecule has 124 valence electrons. The first-order chi connectivity index (χ1) is 11.6. The SMILES string of the molecule is Cc1ccc(CSCCNC(=O)c2cc3cc(Br)ccc3[nH]2)cc1. The quantitative estimate of drug-likeness (QED) is 0.575. The summed E-state index contributed by atoms with van der Waals surface area (Å²) in [5, 5.41) is 4.00. The highest BCUT2D eigenvalue weighted by atomic mass is 79.9. The van der Waals surface area contributed by atoms with Crippen molar-refractivity contribution in [3.8, 4) is 0 Å². The van der Waals surface area contributed by atoms with Crippen LogP contribution in [0.15, 0.2) is 53.0 Å². The second-order valence-electron chi connectivity index (χ2n) is 5.71. The Labute approximate surface area is 154 Å². The van der Waals surface area contributed by atoms with Gasteiger partial charge in [0.15, 0.2) is 0 Å². The van der Waals surface area contributed by atoms with Crippen LogP contribution < -0.4 is 5.32 Å². The molecule has 24 heavy (non-hydrogen) atoms. The number of hydrogen-bond acceptors (Lipinski definition) is 2. The van der Waals surface area contributed by atoms with E-state index >= 15 is 0 Å². The van der Waals surface area contributed by atoms with Gasteiger partial charge >= 0.3 is 0 Å². The Balaban J connectivity index is 1.45. The van der Waals surface area contributed by atoms with E-state index in [4.69, 9.17) is 0 Å². The normalized spacial score (nSPS) is 10.9. The Hall–Kier alpha value is -1.72. The summed E-state index contributed by atoms with van der Waals surface area (Å²) in [6.07, 6.45) is 0. The number of aryl methyl sites for hydroxylation is 1. The van der Waals surface area contributed by atoms with E-state index in [1.807, 2.05) is 36.0 Å². The minimum absolute atomic E-state index is 0.0572. The lowest BCUT2D eigenvalue weighted by atomic mass is 10.2. The van der Waals surface area contributed by atoms with Gasteiger partial charge in [0.1, 0.15) is 5.69 Å². The van der Waals surface area contributed by atoms with E-state index in [-0.39, 0.29) is 5.91 Å². The number of carbonyl (C=O) groups is 1. The standard InChI is InChI=1S/C19H19BrN2OS/c1-13-2-4-14(5-3-13)12-24-9-8-21-19(23)18-11-15-10-16(20)6-7-17(15)22-18/h2-7,10-11,22H,8-9,12H2,1H3,(H,21,23). The maximum atomic E-state index is 12.2. The van der Waals surface area contributed by atoms with E-state index in [0.717, 1.165) is 26.9 Å². The van der Waals surface area contributed by atoms with Crippen molar-refractivity contribution in [1.29, 1.82) is 0 Å². The number of benzene rings is 2. The molecule has 2 N–H and O–H groups in total. The highest BCUT2D eigenvalue weighted by Crippen LogP contribution is 2.20. The summed E-state index contributed by atoms with van der Waals surface area (Å²) in [6.45, 7) is 2.75. The average Bonchev–Trinajstić information content (AvgIpc) is 2.99. The number of H-pyrrole nitrogens is 1. The smallest absolute Gasteiger partial charge is 0.267 e. The van der Waals surface area contributed by atoms with Crippen LogP contribution in [0.2, 0.25) is 0 Å². The lowest BCUT2D eigenvalue weighted by molar-refractivity contribution is 0.0952. The molecular formula is C19H19BrN2OS. The van der Waals surface area contributed by atoms with Crippen LogP contribution in [0, 0.1) is 6.92 Å². The van der Waals surface area contributed by atoms with Crippen LogP contribution in [0.5, 0.6) is 0 Å². The lowest BCUT2D eigenvalue weighted by Gasteiger charge is -2.04. The molecule has 0 fully saturated rings. The van der Waals surface area contributed by atoms with Crippen molar-refractivity contribution in [2.45, 2.75) is 12.7 Å². The molecular weight excluding hydrogens is 384 g/mol. The number of hydrogen-bond donors (Lipinski definition) is 2. The van der Waals surface area contributed by atoms with Gasteiger partial charge in [0.25, 0.3) is 5.91 Å². The van der Waals surface area contributed by atoms with Crippen LogP contribution in [-0.4, -0.2) is 23.2 Å². The first-order valence-corrected chi connectivity index (χ1v) is 9.76. The van der Waals surface area contributed by atoms with Crippen molar-refractivity contribution in [2.75, 3.05) is 12.3 Å². The van der Waals surface area contributed by atoms with Crippen molar-refractivity contribution in [3.05, 3.63) is 69.8 Å². The van der Waals surface area contributed by atoms with E-state index in [1.165, 1.54) is 11.1 Å². The zero-order valence-electron chi connectivity index (χ0n) is 13.4. The van der Waals surface area contributed by atoms with Gasteiger partial charge in [-0.25, -0.2) is 0 Å². The highest BCUT2D eigenvalue weighted by Gasteiger charge is 2.09. The third kappa shape index (κ3) is 4.42. The Kier molecular flexibility index (Phi) is 5.63. The molecule has 1 aromatic heterocycles. The van der Waals surface area contributed by atoms with Crippen molar-refractivity contribution < 1.29 is 4.79 Å². The van der Waals surface area contributed by atoms with E-state index in [9.17, 15) is 4.79 Å². The minimum Gasteiger partial charge on any atom is -0.351 e. The molecule has 0 spiro atoms. The zero-order valence-corrected chi connectivity index (χ0v) is 15.8. The van der Waals surface area contributed by atoms with E-state index in [0.29, 0.717) is 12.2 Å². The topological polar surface area (TPSA) is 44.9 Å². The summed E-state index contributed by atoms with van der Waals surface area (Å²) in [5.74, 6) is 1.81. The fourth-order valence-corrected chi connectivity index (χ4v) is 3.63. The van der Waals surface area contributed by atoms with Gasteiger partial charge in [0, 0.05) is 33.4 Å². The fourth-order valence-electron chi connectivity index (χ4n) is 2.43. The molecule has 5 heteroatoms. The maximum Gasteiger partial charge on any atom is 0.267 e. The molecule has 0 unspecified atom stereocenters. The molecule has 3 aromatic rings. The predicted octanol–water partition coefficient (Wildman–Crippen LogP) is 4.90. The van der Waals surface area contributed by atoms with Gasteiger partial charge in [-0.2, -0.15) is 11.8 Å². The second kappa shape index (κ2) is 7.90. The van der Waals surface area contributed by atoms with Gasteiger partial charge in [-0.05, 0) is 36.8 Å². The van der Waals surface area contributed by atoms with Gasteiger partial charge in [0.2, 0.25) is 0 Å². The van der Waals surface area contributed by atoms with Crippen molar-refractivity contribution in [3.63, 3.8) is 0 Å². The Morgan fingerprint density at radius 2 is 1.96 bits per heavy atom. The lowest BCUT2D eigenvalue weighted by Crippen LogP contribution is -2.26. The number of halogens is 1. The van der Waals surface area contributed by atoms with Gasteiger partial charge in [-0.1, -0.05) is 45.8 Å². The molecule has 0 atom stereocenters. The summed E-state index contributed by atoms with van der Waals surface area (Å²) in [5.41, 5.74) is 4.17. The number of thioether (sulfide) groups is 1. The molecule has 1 heterocycles. The maximum absolute atomic E-state index is 12.2. The molecule has 0 saturated carbocycles. The van der Waals surface area contributed by atoms with Crippen LogP contribution in [0.3, 0.4) is 0 Å². The molecule has 0 saturated heterocycles. The van der Waals surface area contributed by atoms with E-state index < -0.39 is 0 Å². The van der Waals surface area contributed by atoms with Gasteiger partial charge in [0.05, 0.1) is 0 Å². The Morgan fingerprint density at radius 1 is 1.17 bits per heavy atom. The van der Waals surface area contributed by atoms with Gasteiger partial charge in [-0.15, -0.1) is 0 Å². The first-order valence-electron chi connectivity index (χ1n) is 7.81. The van der Waals surface area contributed by atoms with Crippen molar-refractivity contribution in [1.82, 2.24) is 10.3 Å². The van der Waals surface area contributed by atoms with Gasteiger partial charge < -0.3 is 10.3 Å². The van der Waals surface area contributed by atoms with E-state index in [2.05, 4.69) is 57.4 Å². The molecule has 0 radical (unpaired) electrons. The van der Waals surface area contributed by atoms with Crippen molar-refractivity contribution >= 4 is 44.5 Å². The third-order valence-electron chi connectivity index (χ3n) is 3.75. The summed E-state index contributed by atoms with van der Waals surface area (Å²) < 4.78 is 1.01. The molecule has 0 aliphatic carbocycles. The Morgan fingerprint density at radius 3 is 2.75 bits per heavy atom. The number of carbonyl (C=O) groups excluding carboxylic acids is 1. The van der Waals surface area contributed by atoms with E-state index in [1.54, 1.807) is 0 Å². The third-order valence-corrected chi connectivity index (χ3v) is 5.27. The number of rotatable bonds is 6. The number of aromatic amines is 1. The Bertz CT molecular complexity index is 842. The molecule has 3 rings (SSSR count). The zero-order chi connectivity index (χ0) is 16.9. The highest BCUT2D eigenvalue weighted by molar-refractivity contribution is 9.10. The molecule has 1 amide bonds. The first kappa shape index (κ1) is 17.1. The van der Waals surface area contributed by atoms with Crippen LogP contribution in [0.25, 0.3) is 10.9 Å². The van der Waals surface area contributed by atoms with Crippen LogP contribution in [-0.2, 0) is 5.75 Å². The second-order valence-corrected chi connectivity index (χ2v) is 7.73. The summed E-state index contributed by atoms with van der Waals surface area (Å²) in [6, 6.07) is 16.4. The van der Waals surface area contributed by atoms with Crippen molar-refractivity contribution in [2.24, 2.45) is 0 Å². The number of fused-ring (bicyclic) bond motifs is 1. The predicted molar refractivity (Wildman–Crippen MR) is 106 cm³/mol. The molecule has 0 aliphatic rings. The summed E-state index contributed by atoms with van der Waals surface area (Å²) in [4.78, 5) is 15.4.